The molecule has 29 heavy (non-hydrogen) atoms. The molecule has 3 aromatic rings. The van der Waals surface area contributed by atoms with Gasteiger partial charge in [0.2, 0.25) is 0 Å². The molecule has 0 fully saturated rings. The molecule has 0 radical (unpaired) electrons. The molecule has 5 heteroatoms. The third-order valence-electron chi connectivity index (χ3n) is 4.52. The Kier molecular flexibility index (Phi) is 7.68. The summed E-state index contributed by atoms with van der Waals surface area (Å²) < 4.78 is 0. The van der Waals surface area contributed by atoms with Crippen molar-refractivity contribution >= 4 is 40.7 Å². The molecule has 2 nitrogen and oxygen atoms in total. The van der Waals surface area contributed by atoms with Crippen LogP contribution in [-0.4, -0.2) is 6.04 Å². The lowest BCUT2D eigenvalue weighted by Crippen LogP contribution is -2.35. The monoisotopic (exact) mass is 442 g/mol. The largest absolute Gasteiger partial charge is 0.270 e. The Morgan fingerprint density at radius 3 is 1.90 bits per heavy atom. The number of hydrazine groups is 1. The molecular weight excluding hydrogens is 419 g/mol. The highest BCUT2D eigenvalue weighted by atomic mass is 35.5. The fraction of sp³-hybridized carbons (Fsp3) is 0.167. The number of hydrogen-bond acceptors (Lipinski definition) is 3. The first kappa shape index (κ1) is 21.8. The fourth-order valence-corrected chi connectivity index (χ4v) is 4.68. The van der Waals surface area contributed by atoms with E-state index in [0.717, 1.165) is 15.6 Å². The molecule has 1 heterocycles. The number of benzene rings is 3. The number of hydrogen-bond donors (Lipinski definition) is 1. The second-order valence-corrected chi connectivity index (χ2v) is 8.81. The number of para-hydroxylation sites is 1. The van der Waals surface area contributed by atoms with E-state index in [1.54, 1.807) is 17.8 Å². The molecule has 150 valence electrons. The Hall–Kier alpha value is -1.91. The van der Waals surface area contributed by atoms with Crippen molar-refractivity contribution in [3.63, 3.8) is 0 Å². The van der Waals surface area contributed by atoms with Gasteiger partial charge < -0.3 is 0 Å². The van der Waals surface area contributed by atoms with E-state index in [9.17, 15) is 0 Å². The van der Waals surface area contributed by atoms with Crippen LogP contribution >= 0.6 is 35.0 Å². The van der Waals surface area contributed by atoms with E-state index >= 15 is 0 Å². The third-order valence-corrected chi connectivity index (χ3v) is 6.12. The van der Waals surface area contributed by atoms with Crippen LogP contribution < -0.4 is 10.4 Å². The highest BCUT2D eigenvalue weighted by Crippen LogP contribution is 2.39. The number of rotatable bonds is 3. The molecule has 0 spiro atoms. The molecule has 0 aromatic heterocycles. The summed E-state index contributed by atoms with van der Waals surface area (Å²) in [6.07, 6.45) is 0. The summed E-state index contributed by atoms with van der Waals surface area (Å²) in [5.41, 5.74) is 7.22. The fourth-order valence-electron chi connectivity index (χ4n) is 2.84. The first-order valence-corrected chi connectivity index (χ1v) is 11.0. The zero-order valence-corrected chi connectivity index (χ0v) is 19.0. The molecule has 1 aliphatic heterocycles. The standard InChI is InChI=1S/C17H16Cl2N2S.C7H8/c1-11-12(2)20-21(15-6-4-3-5-7-15)17(11)22-16-9-13(18)8-14(19)10-16;1-7-5-3-2-4-6-7/h3-10,12,20H,1-2H3;2-6H,1H3. The number of thioether (sulfide) groups is 1. The third kappa shape index (κ3) is 6.03. The van der Waals surface area contributed by atoms with E-state index in [1.807, 2.05) is 48.5 Å². The second kappa shape index (κ2) is 10.2. The van der Waals surface area contributed by atoms with Gasteiger partial charge in [0.1, 0.15) is 0 Å². The maximum atomic E-state index is 6.11. The molecule has 0 aliphatic carbocycles. The number of anilines is 1. The first-order chi connectivity index (χ1) is 13.9. The van der Waals surface area contributed by atoms with E-state index in [4.69, 9.17) is 23.2 Å². The first-order valence-electron chi connectivity index (χ1n) is 9.42. The number of aryl methyl sites for hydroxylation is 1. The van der Waals surface area contributed by atoms with Gasteiger partial charge in [0.25, 0.3) is 0 Å². The van der Waals surface area contributed by atoms with Crippen molar-refractivity contribution in [2.24, 2.45) is 0 Å². The Labute approximate surface area is 187 Å². The Bertz CT molecular complexity index is 954. The van der Waals surface area contributed by atoms with E-state index in [0.29, 0.717) is 10.0 Å². The normalized spacial score (nSPS) is 15.9. The van der Waals surface area contributed by atoms with E-state index in [1.165, 1.54) is 11.1 Å². The van der Waals surface area contributed by atoms with Gasteiger partial charge in [-0.25, -0.2) is 5.43 Å². The van der Waals surface area contributed by atoms with Gasteiger partial charge >= 0.3 is 0 Å². The minimum absolute atomic E-state index is 0.289. The summed E-state index contributed by atoms with van der Waals surface area (Å²) in [6.45, 7) is 6.39. The van der Waals surface area contributed by atoms with Gasteiger partial charge in [-0.3, -0.25) is 5.01 Å². The average molecular weight is 443 g/mol. The van der Waals surface area contributed by atoms with Crippen LogP contribution in [0.5, 0.6) is 0 Å². The molecule has 1 N–H and O–H groups in total. The zero-order valence-electron chi connectivity index (χ0n) is 16.7. The van der Waals surface area contributed by atoms with Crippen LogP contribution in [0, 0.1) is 6.92 Å². The van der Waals surface area contributed by atoms with Crippen molar-refractivity contribution in [3.8, 4) is 0 Å². The smallest absolute Gasteiger partial charge is 0.0960 e. The van der Waals surface area contributed by atoms with Crippen LogP contribution in [0.3, 0.4) is 0 Å². The van der Waals surface area contributed by atoms with Crippen LogP contribution in [0.2, 0.25) is 10.0 Å². The van der Waals surface area contributed by atoms with E-state index in [2.05, 4.69) is 55.5 Å². The molecule has 4 rings (SSSR count). The topological polar surface area (TPSA) is 15.3 Å². The Morgan fingerprint density at radius 1 is 0.828 bits per heavy atom. The number of nitrogens with zero attached hydrogens (tertiary/aromatic N) is 1. The second-order valence-electron chi connectivity index (χ2n) is 6.87. The van der Waals surface area contributed by atoms with Crippen LogP contribution in [0.15, 0.2) is 94.4 Å². The van der Waals surface area contributed by atoms with Crippen molar-refractivity contribution in [1.82, 2.24) is 5.43 Å². The van der Waals surface area contributed by atoms with Gasteiger partial charge in [-0.1, -0.05) is 89.1 Å². The van der Waals surface area contributed by atoms with E-state index < -0.39 is 0 Å². The predicted octanol–water partition coefficient (Wildman–Crippen LogP) is 7.73. The van der Waals surface area contributed by atoms with Gasteiger partial charge in [0.15, 0.2) is 0 Å². The van der Waals surface area contributed by atoms with Crippen molar-refractivity contribution in [2.45, 2.75) is 31.7 Å². The van der Waals surface area contributed by atoms with Crippen molar-refractivity contribution in [3.05, 3.63) is 105 Å². The van der Waals surface area contributed by atoms with Crippen molar-refractivity contribution in [1.29, 1.82) is 0 Å². The van der Waals surface area contributed by atoms with Gasteiger partial charge in [0, 0.05) is 21.0 Å². The lowest BCUT2D eigenvalue weighted by atomic mass is 10.2. The molecule has 1 unspecified atom stereocenters. The highest BCUT2D eigenvalue weighted by molar-refractivity contribution is 8.03. The molecular formula is C24H24Cl2N2S. The Morgan fingerprint density at radius 2 is 1.38 bits per heavy atom. The van der Waals surface area contributed by atoms with Gasteiger partial charge in [-0.15, -0.1) is 0 Å². The van der Waals surface area contributed by atoms with Gasteiger partial charge in [-0.2, -0.15) is 0 Å². The average Bonchev–Trinajstić information content (AvgIpc) is 2.97. The zero-order chi connectivity index (χ0) is 20.8. The minimum atomic E-state index is 0.289. The van der Waals surface area contributed by atoms with Crippen LogP contribution in [0.1, 0.15) is 19.4 Å². The lowest BCUT2D eigenvalue weighted by molar-refractivity contribution is 0.663. The molecule has 0 saturated heterocycles. The predicted molar refractivity (Wildman–Crippen MR) is 128 cm³/mol. The summed E-state index contributed by atoms with van der Waals surface area (Å²) in [6, 6.07) is 26.4. The van der Waals surface area contributed by atoms with Crippen LogP contribution in [0.25, 0.3) is 0 Å². The van der Waals surface area contributed by atoms with Crippen LogP contribution in [-0.2, 0) is 0 Å². The molecule has 1 atom stereocenters. The lowest BCUT2D eigenvalue weighted by Gasteiger charge is -2.23. The maximum Gasteiger partial charge on any atom is 0.0960 e. The summed E-state index contributed by atoms with van der Waals surface area (Å²) in [4.78, 5) is 1.03. The molecule has 3 aromatic carbocycles. The SMILES string of the molecule is CC1=C(Sc2cc(Cl)cc(Cl)c2)N(c2ccccc2)NC1C.Cc1ccccc1. The molecule has 0 saturated carbocycles. The molecule has 1 aliphatic rings. The van der Waals surface area contributed by atoms with E-state index in [-0.39, 0.29) is 6.04 Å². The van der Waals surface area contributed by atoms with Crippen LogP contribution in [0.4, 0.5) is 5.69 Å². The quantitative estimate of drug-likeness (QED) is 0.446. The van der Waals surface area contributed by atoms with Crippen molar-refractivity contribution < 1.29 is 0 Å². The van der Waals surface area contributed by atoms with Gasteiger partial charge in [0.05, 0.1) is 10.7 Å². The molecule has 0 bridgehead atoms. The Balaban J connectivity index is 0.000000290. The molecule has 0 amide bonds. The van der Waals surface area contributed by atoms with Gasteiger partial charge in [-0.05, 0) is 56.7 Å². The minimum Gasteiger partial charge on any atom is -0.270 e. The summed E-state index contributed by atoms with van der Waals surface area (Å²) in [5, 5.41) is 4.59. The highest BCUT2D eigenvalue weighted by Gasteiger charge is 2.27. The maximum absolute atomic E-state index is 6.11. The van der Waals surface area contributed by atoms with Crippen molar-refractivity contribution in [2.75, 3.05) is 5.01 Å². The summed E-state index contributed by atoms with van der Waals surface area (Å²) in [5.74, 6) is 0. The summed E-state index contributed by atoms with van der Waals surface area (Å²) >= 11 is 13.9. The summed E-state index contributed by atoms with van der Waals surface area (Å²) in [7, 11) is 0. The number of nitrogens with one attached hydrogen (secondary N) is 1. The number of halogens is 2.